The first-order chi connectivity index (χ1) is 31.3. The van der Waals surface area contributed by atoms with Gasteiger partial charge in [-0.1, -0.05) is 0 Å². The zero-order valence-corrected chi connectivity index (χ0v) is 39.6. The number of rotatable bonds is 24. The van der Waals surface area contributed by atoms with E-state index in [1.807, 2.05) is 38.0 Å². The third-order valence-corrected chi connectivity index (χ3v) is 11.8. The average molecular weight is 909 g/mol. The van der Waals surface area contributed by atoms with Crippen LogP contribution in [0.3, 0.4) is 0 Å². The summed E-state index contributed by atoms with van der Waals surface area (Å²) in [6.45, 7) is 2.40. The Labute approximate surface area is 385 Å². The van der Waals surface area contributed by atoms with Gasteiger partial charge in [0.25, 0.3) is 23.6 Å². The summed E-state index contributed by atoms with van der Waals surface area (Å²) in [5.41, 5.74) is 17.9. The van der Waals surface area contributed by atoms with E-state index in [1.54, 1.807) is 12.1 Å². The van der Waals surface area contributed by atoms with Gasteiger partial charge in [0, 0.05) is 71.5 Å². The number of aliphatic imine (C=N–C) groups is 1. The maximum absolute atomic E-state index is 14.0. The van der Waals surface area contributed by atoms with Gasteiger partial charge in [-0.2, -0.15) is 0 Å². The van der Waals surface area contributed by atoms with Gasteiger partial charge in [0.05, 0.1) is 55.7 Å². The van der Waals surface area contributed by atoms with E-state index in [1.165, 1.54) is 26.4 Å². The minimum absolute atomic E-state index is 0.0423. The Bertz CT molecular complexity index is 1870. The molecule has 2 saturated carbocycles. The van der Waals surface area contributed by atoms with Crippen LogP contribution in [0.4, 0.5) is 0 Å². The molecule has 2 aliphatic carbocycles. The van der Waals surface area contributed by atoms with E-state index in [0.717, 1.165) is 70.2 Å². The fraction of sp³-hybridized carbons (Fsp3) is 0.638. The molecule has 0 aliphatic heterocycles. The lowest BCUT2D eigenvalue weighted by atomic mass is 9.90. The first kappa shape index (κ1) is 52.3. The molecule has 2 fully saturated rings. The zero-order valence-electron chi connectivity index (χ0n) is 39.6. The molecule has 0 spiro atoms. The lowest BCUT2D eigenvalue weighted by Crippen LogP contribution is -2.44. The van der Waals surface area contributed by atoms with Crippen LogP contribution in [0.1, 0.15) is 131 Å². The molecule has 0 radical (unpaired) electrons. The second-order valence-corrected chi connectivity index (χ2v) is 17.2. The van der Waals surface area contributed by atoms with Crippen LogP contribution in [0.25, 0.3) is 0 Å². The van der Waals surface area contributed by atoms with Crippen molar-refractivity contribution < 1.29 is 38.1 Å². The number of hydrogen-bond donors (Lipinski definition) is 7. The van der Waals surface area contributed by atoms with Crippen LogP contribution in [0.5, 0.6) is 23.0 Å². The molecule has 65 heavy (non-hydrogen) atoms. The number of hydrogen-bond acceptors (Lipinski definition) is 12. The van der Waals surface area contributed by atoms with Crippen molar-refractivity contribution in [2.45, 2.75) is 114 Å². The molecule has 4 rings (SSSR count). The number of carbonyl (C=O) groups is 4. The first-order valence-electron chi connectivity index (χ1n) is 23.3. The summed E-state index contributed by atoms with van der Waals surface area (Å²) >= 11 is 0. The van der Waals surface area contributed by atoms with E-state index in [9.17, 15) is 19.2 Å². The largest absolute Gasteiger partial charge is 0.496 e. The van der Waals surface area contributed by atoms with Crippen molar-refractivity contribution in [2.24, 2.45) is 22.2 Å². The van der Waals surface area contributed by atoms with Gasteiger partial charge in [0.1, 0.15) is 23.0 Å². The molecular formula is C47H76N10O8. The highest BCUT2D eigenvalue weighted by atomic mass is 16.5. The molecule has 18 nitrogen and oxygen atoms in total. The number of amides is 4. The van der Waals surface area contributed by atoms with Crippen LogP contribution in [-0.4, -0.2) is 145 Å². The lowest BCUT2D eigenvalue weighted by molar-refractivity contribution is 0.0886. The first-order valence-corrected chi connectivity index (χ1v) is 23.3. The normalized spacial score (nSPS) is 18.1. The number of benzene rings is 2. The smallest absolute Gasteiger partial charge is 0.255 e. The Morgan fingerprint density at radius 2 is 0.923 bits per heavy atom. The highest BCUT2D eigenvalue weighted by Gasteiger charge is 2.30. The monoisotopic (exact) mass is 909 g/mol. The SMILES string of the molecule is COc1cc(OC)c(C(=O)N[C@H]2CC[C@@H](NC(=O)c3cc(C(=O)NCCN)c(OCCCCCN)cc3OCCCCCN)CC2)cc1C(=O)N[C@H]1CC[C@@H](N=C(N(C)C)N(C)C)CC1. The number of nitrogens with one attached hydrogen (secondary N) is 4. The second kappa shape index (κ2) is 27.2. The highest BCUT2D eigenvalue weighted by Crippen LogP contribution is 2.33. The van der Waals surface area contributed by atoms with Gasteiger partial charge in [-0.3, -0.25) is 19.2 Å². The molecule has 0 unspecified atom stereocenters. The van der Waals surface area contributed by atoms with E-state index in [2.05, 4.69) is 21.3 Å². The van der Waals surface area contributed by atoms with E-state index >= 15 is 0 Å². The summed E-state index contributed by atoms with van der Waals surface area (Å²) in [7, 11) is 10.9. The number of nitrogens with zero attached hydrogens (tertiary/aromatic N) is 3. The van der Waals surface area contributed by atoms with E-state index < -0.39 is 5.91 Å². The molecule has 362 valence electrons. The van der Waals surface area contributed by atoms with Gasteiger partial charge in [0.15, 0.2) is 5.96 Å². The highest BCUT2D eigenvalue weighted by molar-refractivity contribution is 6.04. The maximum Gasteiger partial charge on any atom is 0.255 e. The fourth-order valence-electron chi connectivity index (χ4n) is 8.22. The lowest BCUT2D eigenvalue weighted by Gasteiger charge is -2.30. The number of carbonyl (C=O) groups excluding carboxylic acids is 4. The minimum atomic E-state index is -0.406. The number of unbranched alkanes of at least 4 members (excludes halogenated alkanes) is 4. The molecule has 2 aliphatic rings. The molecule has 0 aromatic heterocycles. The topological polar surface area (TPSA) is 250 Å². The Hall–Kier alpha value is -5.33. The Morgan fingerprint density at radius 1 is 0.538 bits per heavy atom. The Kier molecular flexibility index (Phi) is 21.9. The van der Waals surface area contributed by atoms with E-state index in [0.29, 0.717) is 69.2 Å². The van der Waals surface area contributed by atoms with Crippen molar-refractivity contribution in [2.75, 3.05) is 81.8 Å². The van der Waals surface area contributed by atoms with Gasteiger partial charge >= 0.3 is 0 Å². The predicted molar refractivity (Wildman–Crippen MR) is 253 cm³/mol. The summed E-state index contributed by atoms with van der Waals surface area (Å²) in [5, 5.41) is 12.2. The van der Waals surface area contributed by atoms with Crippen molar-refractivity contribution >= 4 is 29.6 Å². The Balaban J connectivity index is 1.42. The van der Waals surface area contributed by atoms with Gasteiger partial charge < -0.3 is 67.2 Å². The van der Waals surface area contributed by atoms with Crippen molar-refractivity contribution in [3.05, 3.63) is 46.5 Å². The van der Waals surface area contributed by atoms with Crippen LogP contribution in [0, 0.1) is 0 Å². The van der Waals surface area contributed by atoms with Gasteiger partial charge in [-0.05, 0) is 115 Å². The molecule has 10 N–H and O–H groups in total. The van der Waals surface area contributed by atoms with E-state index in [4.69, 9.17) is 41.1 Å². The van der Waals surface area contributed by atoms with Crippen LogP contribution in [-0.2, 0) is 0 Å². The number of methoxy groups -OCH3 is 2. The summed E-state index contributed by atoms with van der Waals surface area (Å²) in [6, 6.07) is 6.00. The number of ether oxygens (including phenoxy) is 4. The fourth-order valence-corrected chi connectivity index (χ4v) is 8.22. The molecular weight excluding hydrogens is 833 g/mol. The molecule has 2 aromatic carbocycles. The molecule has 0 atom stereocenters. The number of nitrogens with two attached hydrogens (primary N) is 3. The summed E-state index contributed by atoms with van der Waals surface area (Å²) in [6.07, 6.45) is 10.6. The Morgan fingerprint density at radius 3 is 1.31 bits per heavy atom. The third-order valence-electron chi connectivity index (χ3n) is 11.8. The maximum atomic E-state index is 14.0. The van der Waals surface area contributed by atoms with E-state index in [-0.39, 0.29) is 83.0 Å². The molecule has 18 heteroatoms. The van der Waals surface area contributed by atoms with Gasteiger partial charge in [0.2, 0.25) is 0 Å². The van der Waals surface area contributed by atoms with Crippen LogP contribution < -0.4 is 57.4 Å². The van der Waals surface area contributed by atoms with Crippen LogP contribution in [0.15, 0.2) is 29.3 Å². The van der Waals surface area contributed by atoms with Crippen LogP contribution >= 0.6 is 0 Å². The summed E-state index contributed by atoms with van der Waals surface area (Å²) in [5.74, 6) is 0.644. The van der Waals surface area contributed by atoms with Crippen molar-refractivity contribution in [3.8, 4) is 23.0 Å². The quantitative estimate of drug-likeness (QED) is 0.0454. The number of guanidine groups is 1. The zero-order chi connectivity index (χ0) is 47.3. The van der Waals surface area contributed by atoms with Crippen molar-refractivity contribution in [1.29, 1.82) is 0 Å². The van der Waals surface area contributed by atoms with Crippen molar-refractivity contribution in [1.82, 2.24) is 31.1 Å². The third kappa shape index (κ3) is 16.0. The van der Waals surface area contributed by atoms with Gasteiger partial charge in [-0.15, -0.1) is 0 Å². The standard InChI is InChI=1S/C47H76N10O8/c1-56(2)47(57(3)4)55-34-19-17-33(18-20-34)53-45(60)36-27-35(39(62-5)29-40(36)63-6)44(59)52-31-13-15-32(16-14-31)54-46(61)38-28-37(43(58)51-24-23-50)41(64-25-11-7-9-21-48)30-42(38)65-26-12-8-10-22-49/h27-34H,7-26,48-50H2,1-6H3,(H,51,58)(H,52,59)(H,53,60)(H,54,61)/t31-,32+,33-,34+. The van der Waals surface area contributed by atoms with Crippen LogP contribution in [0.2, 0.25) is 0 Å². The molecule has 0 bridgehead atoms. The second-order valence-electron chi connectivity index (χ2n) is 17.2. The van der Waals surface area contributed by atoms with Gasteiger partial charge in [-0.25, -0.2) is 4.99 Å². The minimum Gasteiger partial charge on any atom is -0.496 e. The summed E-state index contributed by atoms with van der Waals surface area (Å²) in [4.78, 5) is 63.9. The van der Waals surface area contributed by atoms with Crippen molar-refractivity contribution in [3.63, 3.8) is 0 Å². The average Bonchev–Trinajstić information content (AvgIpc) is 3.30. The molecule has 4 amide bonds. The molecule has 0 heterocycles. The summed E-state index contributed by atoms with van der Waals surface area (Å²) < 4.78 is 23.5. The molecule has 0 saturated heterocycles. The molecule has 2 aromatic rings. The predicted octanol–water partition coefficient (Wildman–Crippen LogP) is 3.40.